The number of nitrogens with zero attached hydrogens (tertiary/aromatic N) is 4. The minimum absolute atomic E-state index is 0.0225. The smallest absolute Gasteiger partial charge is 0.258 e. The number of benzene rings is 1. The van der Waals surface area contributed by atoms with Gasteiger partial charge in [0, 0.05) is 37.1 Å². The highest BCUT2D eigenvalue weighted by Gasteiger charge is 2.19. The van der Waals surface area contributed by atoms with Gasteiger partial charge >= 0.3 is 0 Å². The zero-order valence-electron chi connectivity index (χ0n) is 21.7. The first kappa shape index (κ1) is 27.1. The predicted molar refractivity (Wildman–Crippen MR) is 146 cm³/mol. The van der Waals surface area contributed by atoms with E-state index >= 15 is 0 Å². The molecule has 3 aromatic rings. The van der Waals surface area contributed by atoms with Crippen LogP contribution in [-0.4, -0.2) is 48.0 Å². The number of terminal acetylenes is 1. The Balaban J connectivity index is 0.000000758. The van der Waals surface area contributed by atoms with Crippen molar-refractivity contribution in [3.05, 3.63) is 64.1 Å². The van der Waals surface area contributed by atoms with Gasteiger partial charge in [0.2, 0.25) is 0 Å². The second-order valence-electron chi connectivity index (χ2n) is 8.97. The summed E-state index contributed by atoms with van der Waals surface area (Å²) in [5.74, 6) is 0.520. The molecule has 1 fully saturated rings. The molecule has 0 spiro atoms. The monoisotopic (exact) mass is 460 g/mol. The molecule has 0 atom stereocenters. The third kappa shape index (κ3) is 6.48. The molecule has 0 N–H and O–H groups in total. The van der Waals surface area contributed by atoms with Gasteiger partial charge in [-0.2, -0.15) is 0 Å². The van der Waals surface area contributed by atoms with Crippen molar-refractivity contribution in [3.63, 3.8) is 0 Å². The minimum Gasteiger partial charge on any atom is -0.375 e. The lowest BCUT2D eigenvalue weighted by Crippen LogP contribution is -2.29. The minimum atomic E-state index is -0.0225. The number of piperidine rings is 1. The number of likely N-dealkylation sites (tertiary alicyclic amines) is 1. The second kappa shape index (κ2) is 13.0. The highest BCUT2D eigenvalue weighted by Crippen LogP contribution is 2.28. The van der Waals surface area contributed by atoms with Gasteiger partial charge in [0.25, 0.3) is 5.56 Å². The molecule has 182 valence electrons. The first-order valence-electron chi connectivity index (χ1n) is 12.2. The average Bonchev–Trinajstić information content (AvgIpc) is 2.86. The van der Waals surface area contributed by atoms with E-state index in [-0.39, 0.29) is 5.56 Å². The molecule has 0 amide bonds. The van der Waals surface area contributed by atoms with Crippen molar-refractivity contribution in [2.45, 2.75) is 52.9 Å². The zero-order valence-corrected chi connectivity index (χ0v) is 21.7. The molecule has 4 rings (SSSR count). The molecule has 0 bridgehead atoms. The largest absolute Gasteiger partial charge is 0.375 e. The fourth-order valence-corrected chi connectivity index (χ4v) is 4.20. The molecule has 2 aromatic heterocycles. The van der Waals surface area contributed by atoms with Crippen molar-refractivity contribution in [2.24, 2.45) is 0 Å². The van der Waals surface area contributed by atoms with Crippen molar-refractivity contribution in [2.75, 3.05) is 38.6 Å². The van der Waals surface area contributed by atoms with Crippen LogP contribution in [0.1, 0.15) is 57.1 Å². The summed E-state index contributed by atoms with van der Waals surface area (Å²) in [6.07, 6.45) is 13.5. The fraction of sp³-hybridized carbons (Fsp3) is 0.448. The first-order chi connectivity index (χ1) is 16.4. The van der Waals surface area contributed by atoms with E-state index in [4.69, 9.17) is 4.98 Å². The maximum atomic E-state index is 12.9. The molecule has 5 heteroatoms. The number of pyridine rings is 1. The Hall–Kier alpha value is -3.10. The van der Waals surface area contributed by atoms with Gasteiger partial charge in [-0.25, -0.2) is 4.98 Å². The number of fused-ring (bicyclic) bond motifs is 1. The molecule has 0 aliphatic carbocycles. The number of aromatic nitrogens is 2. The van der Waals surface area contributed by atoms with E-state index in [1.807, 2.05) is 18.3 Å². The Morgan fingerprint density at radius 2 is 1.71 bits per heavy atom. The summed E-state index contributed by atoms with van der Waals surface area (Å²) in [7, 11) is 4.25. The number of hydrogen-bond donors (Lipinski definition) is 0. The standard InChI is InChI=1S/C24H30N4O.C3H8.C2H2/c1-5-27(4)22-14-19(7-6-17(22)2)21-15-24(29)28-16-20(8-9-23(28)25-21)18-10-12-26(3)13-11-18;1-3-2;1-2/h6-9,14-16,18H,5,10-13H2,1-4H3;3H2,1-2H3;1-2H. The molecule has 1 aliphatic heterocycles. The van der Waals surface area contributed by atoms with Crippen LogP contribution in [0, 0.1) is 19.8 Å². The molecule has 34 heavy (non-hydrogen) atoms. The lowest BCUT2D eigenvalue weighted by molar-refractivity contribution is 0.255. The molecule has 1 saturated heterocycles. The Morgan fingerprint density at radius 3 is 2.32 bits per heavy atom. The summed E-state index contributed by atoms with van der Waals surface area (Å²) < 4.78 is 1.70. The normalized spacial score (nSPS) is 14.0. The van der Waals surface area contributed by atoms with Crippen LogP contribution in [-0.2, 0) is 0 Å². The van der Waals surface area contributed by atoms with Gasteiger partial charge < -0.3 is 9.80 Å². The van der Waals surface area contributed by atoms with Crippen molar-refractivity contribution >= 4 is 11.3 Å². The highest BCUT2D eigenvalue weighted by atomic mass is 16.1. The lowest BCUT2D eigenvalue weighted by atomic mass is 9.91. The number of rotatable bonds is 4. The summed E-state index contributed by atoms with van der Waals surface area (Å²) in [6, 6.07) is 12.1. The average molecular weight is 461 g/mol. The van der Waals surface area contributed by atoms with Crippen LogP contribution in [0.2, 0.25) is 0 Å². The maximum Gasteiger partial charge on any atom is 0.258 e. The van der Waals surface area contributed by atoms with E-state index in [1.165, 1.54) is 23.2 Å². The van der Waals surface area contributed by atoms with Crippen molar-refractivity contribution < 1.29 is 0 Å². The van der Waals surface area contributed by atoms with Gasteiger partial charge in [-0.3, -0.25) is 9.20 Å². The van der Waals surface area contributed by atoms with E-state index in [0.29, 0.717) is 11.6 Å². The van der Waals surface area contributed by atoms with Crippen LogP contribution < -0.4 is 10.5 Å². The van der Waals surface area contributed by atoms with E-state index in [9.17, 15) is 4.79 Å². The Bertz CT molecular complexity index is 1140. The Labute approximate surface area is 205 Å². The van der Waals surface area contributed by atoms with Crippen LogP contribution in [0.25, 0.3) is 16.9 Å². The Morgan fingerprint density at radius 1 is 1.06 bits per heavy atom. The van der Waals surface area contributed by atoms with Crippen LogP contribution in [0.15, 0.2) is 47.4 Å². The summed E-state index contributed by atoms with van der Waals surface area (Å²) in [4.78, 5) is 22.3. The van der Waals surface area contributed by atoms with Gasteiger partial charge in [-0.05, 0) is 76.0 Å². The number of anilines is 1. The van der Waals surface area contributed by atoms with Crippen LogP contribution >= 0.6 is 0 Å². The first-order valence-corrected chi connectivity index (χ1v) is 12.2. The van der Waals surface area contributed by atoms with Crippen LogP contribution in [0.3, 0.4) is 0 Å². The number of hydrogen-bond acceptors (Lipinski definition) is 4. The molecule has 0 saturated carbocycles. The molecule has 0 unspecified atom stereocenters. The third-order valence-corrected chi connectivity index (χ3v) is 6.26. The lowest BCUT2D eigenvalue weighted by Gasteiger charge is -2.29. The van der Waals surface area contributed by atoms with Gasteiger partial charge in [-0.15, -0.1) is 12.8 Å². The van der Waals surface area contributed by atoms with E-state index in [2.05, 4.69) is 82.6 Å². The topological polar surface area (TPSA) is 40.9 Å². The summed E-state index contributed by atoms with van der Waals surface area (Å²) in [6.45, 7) is 11.6. The Kier molecular flexibility index (Phi) is 10.3. The summed E-state index contributed by atoms with van der Waals surface area (Å²) >= 11 is 0. The second-order valence-corrected chi connectivity index (χ2v) is 8.97. The van der Waals surface area contributed by atoms with Crippen LogP contribution in [0.4, 0.5) is 5.69 Å². The van der Waals surface area contributed by atoms with Crippen molar-refractivity contribution in [3.8, 4) is 24.1 Å². The van der Waals surface area contributed by atoms with E-state index in [1.54, 1.807) is 10.5 Å². The number of aryl methyl sites for hydroxylation is 1. The fourth-order valence-electron chi connectivity index (χ4n) is 4.20. The van der Waals surface area contributed by atoms with Gasteiger partial charge in [-0.1, -0.05) is 38.5 Å². The molecular weight excluding hydrogens is 420 g/mol. The zero-order chi connectivity index (χ0) is 25.3. The highest BCUT2D eigenvalue weighted by molar-refractivity contribution is 5.69. The summed E-state index contributed by atoms with van der Waals surface area (Å²) in [5, 5.41) is 0. The predicted octanol–water partition coefficient (Wildman–Crippen LogP) is 5.60. The van der Waals surface area contributed by atoms with Crippen LogP contribution in [0.5, 0.6) is 0 Å². The SMILES string of the molecule is C#C.CCC.CCN(C)c1cc(-c2cc(=O)n3cc(C4CCN(C)CC4)ccc3n2)ccc1C. The van der Waals surface area contributed by atoms with Gasteiger partial charge in [0.1, 0.15) is 5.65 Å². The molecular formula is C29H40N4O. The molecule has 3 heterocycles. The van der Waals surface area contributed by atoms with Crippen molar-refractivity contribution in [1.29, 1.82) is 0 Å². The molecule has 1 aromatic carbocycles. The molecule has 0 radical (unpaired) electrons. The quantitative estimate of drug-likeness (QED) is 0.475. The van der Waals surface area contributed by atoms with E-state index in [0.717, 1.165) is 43.7 Å². The maximum absolute atomic E-state index is 12.9. The van der Waals surface area contributed by atoms with Gasteiger partial charge in [0.05, 0.1) is 5.69 Å². The molecule has 1 aliphatic rings. The van der Waals surface area contributed by atoms with Crippen molar-refractivity contribution in [1.82, 2.24) is 14.3 Å². The summed E-state index contributed by atoms with van der Waals surface area (Å²) in [5.41, 5.74) is 6.02. The van der Waals surface area contributed by atoms with E-state index < -0.39 is 0 Å². The molecule has 5 nitrogen and oxygen atoms in total. The third-order valence-electron chi connectivity index (χ3n) is 6.26. The van der Waals surface area contributed by atoms with Gasteiger partial charge in [0.15, 0.2) is 0 Å².